The van der Waals surface area contributed by atoms with E-state index in [1.165, 1.54) is 4.90 Å². The lowest BCUT2D eigenvalue weighted by atomic mass is 9.91. The molecule has 0 radical (unpaired) electrons. The van der Waals surface area contributed by atoms with Crippen LogP contribution in [0, 0.1) is 0 Å². The number of likely N-dealkylation sites (tertiary alicyclic amines) is 1. The Balaban J connectivity index is 1.79. The molecule has 1 aromatic rings. The van der Waals surface area contributed by atoms with Gasteiger partial charge in [0.2, 0.25) is 5.91 Å². The van der Waals surface area contributed by atoms with Crippen LogP contribution in [0.1, 0.15) is 24.3 Å². The Morgan fingerprint density at radius 3 is 2.37 bits per heavy atom. The molecule has 1 aliphatic heterocycles. The number of benzene rings is 1. The predicted octanol–water partition coefficient (Wildman–Crippen LogP) is 3.61. The van der Waals surface area contributed by atoms with Crippen molar-refractivity contribution in [2.75, 3.05) is 13.1 Å². The highest BCUT2D eigenvalue weighted by Crippen LogP contribution is 2.29. The molecule has 2 nitrogen and oxygen atoms in total. The predicted molar refractivity (Wildman–Crippen MR) is 66.1 cm³/mol. The van der Waals surface area contributed by atoms with E-state index in [-0.39, 0.29) is 5.92 Å². The smallest absolute Gasteiger partial charge is 0.341 e. The summed E-state index contributed by atoms with van der Waals surface area (Å²) < 4.78 is 36.0. The summed E-state index contributed by atoms with van der Waals surface area (Å²) in [6.07, 6.45) is -5.78. The van der Waals surface area contributed by atoms with Gasteiger partial charge in [0.25, 0.3) is 0 Å². The Morgan fingerprint density at radius 1 is 1.26 bits per heavy atom. The van der Waals surface area contributed by atoms with E-state index in [0.29, 0.717) is 18.1 Å². The number of amides is 1. The van der Waals surface area contributed by atoms with Crippen LogP contribution in [0.5, 0.6) is 0 Å². The SMILES string of the molecule is O=C(CCC(F)(F)F)N1CC(c2ccc(Cl)cc2)C1. The van der Waals surface area contributed by atoms with Crippen LogP contribution < -0.4 is 0 Å². The summed E-state index contributed by atoms with van der Waals surface area (Å²) in [6, 6.07) is 7.30. The van der Waals surface area contributed by atoms with E-state index in [1.54, 1.807) is 12.1 Å². The van der Waals surface area contributed by atoms with Crippen molar-refractivity contribution in [1.29, 1.82) is 0 Å². The average Bonchev–Trinajstić information content (AvgIpc) is 2.26. The zero-order valence-corrected chi connectivity index (χ0v) is 10.8. The van der Waals surface area contributed by atoms with Crippen LogP contribution in [-0.4, -0.2) is 30.1 Å². The van der Waals surface area contributed by atoms with Crippen LogP contribution in [0.15, 0.2) is 24.3 Å². The minimum atomic E-state index is -4.27. The summed E-state index contributed by atoms with van der Waals surface area (Å²) in [4.78, 5) is 13.0. The second kappa shape index (κ2) is 5.41. The molecule has 1 saturated heterocycles. The topological polar surface area (TPSA) is 20.3 Å². The molecule has 1 amide bonds. The Kier molecular flexibility index (Phi) is 4.04. The highest BCUT2D eigenvalue weighted by atomic mass is 35.5. The van der Waals surface area contributed by atoms with E-state index in [9.17, 15) is 18.0 Å². The van der Waals surface area contributed by atoms with Crippen molar-refractivity contribution in [1.82, 2.24) is 4.90 Å². The second-order valence-corrected chi connectivity index (χ2v) is 5.10. The standard InChI is InChI=1S/C13H13ClF3NO/c14-11-3-1-9(2-4-11)10-7-18(8-10)12(19)5-6-13(15,16)17/h1-4,10H,5-8H2. The van der Waals surface area contributed by atoms with Gasteiger partial charge < -0.3 is 4.90 Å². The fourth-order valence-electron chi connectivity index (χ4n) is 2.03. The van der Waals surface area contributed by atoms with Gasteiger partial charge in [-0.3, -0.25) is 4.79 Å². The minimum absolute atomic E-state index is 0.201. The van der Waals surface area contributed by atoms with Gasteiger partial charge in [0.15, 0.2) is 0 Å². The van der Waals surface area contributed by atoms with E-state index in [2.05, 4.69) is 0 Å². The number of hydrogen-bond donors (Lipinski definition) is 0. The van der Waals surface area contributed by atoms with Crippen molar-refractivity contribution in [3.8, 4) is 0 Å². The molecule has 0 spiro atoms. The van der Waals surface area contributed by atoms with E-state index in [4.69, 9.17) is 11.6 Å². The molecule has 1 aliphatic rings. The van der Waals surface area contributed by atoms with Crippen molar-refractivity contribution in [3.63, 3.8) is 0 Å². The number of alkyl halides is 3. The van der Waals surface area contributed by atoms with Crippen molar-refractivity contribution in [2.24, 2.45) is 0 Å². The molecule has 19 heavy (non-hydrogen) atoms. The molecule has 0 atom stereocenters. The molecule has 6 heteroatoms. The van der Waals surface area contributed by atoms with Gasteiger partial charge in [-0.05, 0) is 17.7 Å². The Morgan fingerprint density at radius 2 is 1.84 bits per heavy atom. The fourth-order valence-corrected chi connectivity index (χ4v) is 2.16. The molecule has 0 bridgehead atoms. The summed E-state index contributed by atoms with van der Waals surface area (Å²) in [5.74, 6) is -0.227. The molecule has 1 heterocycles. The first kappa shape index (κ1) is 14.2. The molecular weight excluding hydrogens is 279 g/mol. The van der Waals surface area contributed by atoms with Gasteiger partial charge >= 0.3 is 6.18 Å². The quantitative estimate of drug-likeness (QED) is 0.833. The van der Waals surface area contributed by atoms with Crippen molar-refractivity contribution in [3.05, 3.63) is 34.9 Å². The lowest BCUT2D eigenvalue weighted by Crippen LogP contribution is -2.48. The third-order valence-corrected chi connectivity index (χ3v) is 3.45. The summed E-state index contributed by atoms with van der Waals surface area (Å²) in [5.41, 5.74) is 1.06. The summed E-state index contributed by atoms with van der Waals surface area (Å²) in [5, 5.41) is 0.640. The van der Waals surface area contributed by atoms with Crippen LogP contribution in [0.25, 0.3) is 0 Å². The molecule has 1 fully saturated rings. The summed E-state index contributed by atoms with van der Waals surface area (Å²) >= 11 is 5.77. The average molecular weight is 292 g/mol. The number of nitrogens with zero attached hydrogens (tertiary/aromatic N) is 1. The largest absolute Gasteiger partial charge is 0.389 e. The van der Waals surface area contributed by atoms with Crippen molar-refractivity contribution >= 4 is 17.5 Å². The van der Waals surface area contributed by atoms with Gasteiger partial charge in [0, 0.05) is 30.5 Å². The molecule has 0 saturated carbocycles. The van der Waals surface area contributed by atoms with Gasteiger partial charge in [0.1, 0.15) is 0 Å². The van der Waals surface area contributed by atoms with Crippen LogP contribution in [0.2, 0.25) is 5.02 Å². The Hall–Kier alpha value is -1.23. The van der Waals surface area contributed by atoms with Crippen LogP contribution >= 0.6 is 11.6 Å². The van der Waals surface area contributed by atoms with Crippen LogP contribution in [0.3, 0.4) is 0 Å². The van der Waals surface area contributed by atoms with Crippen molar-refractivity contribution < 1.29 is 18.0 Å². The highest BCUT2D eigenvalue weighted by Gasteiger charge is 2.34. The first-order chi connectivity index (χ1) is 8.85. The zero-order valence-electron chi connectivity index (χ0n) is 10.1. The molecule has 0 unspecified atom stereocenters. The molecule has 0 aliphatic carbocycles. The van der Waals surface area contributed by atoms with Gasteiger partial charge in [-0.2, -0.15) is 13.2 Å². The third-order valence-electron chi connectivity index (χ3n) is 3.20. The first-order valence-corrected chi connectivity index (χ1v) is 6.33. The van der Waals surface area contributed by atoms with Gasteiger partial charge in [-0.15, -0.1) is 0 Å². The zero-order chi connectivity index (χ0) is 14.0. The van der Waals surface area contributed by atoms with Crippen molar-refractivity contribution in [2.45, 2.75) is 24.9 Å². The van der Waals surface area contributed by atoms with Crippen LogP contribution in [0.4, 0.5) is 13.2 Å². The highest BCUT2D eigenvalue weighted by molar-refractivity contribution is 6.30. The van der Waals surface area contributed by atoms with E-state index in [0.717, 1.165) is 5.56 Å². The van der Waals surface area contributed by atoms with E-state index >= 15 is 0 Å². The maximum absolute atomic E-state index is 12.0. The Labute approximate surface area is 114 Å². The minimum Gasteiger partial charge on any atom is -0.341 e. The van der Waals surface area contributed by atoms with E-state index in [1.807, 2.05) is 12.1 Å². The monoisotopic (exact) mass is 291 g/mol. The lowest BCUT2D eigenvalue weighted by Gasteiger charge is -2.39. The maximum atomic E-state index is 12.0. The first-order valence-electron chi connectivity index (χ1n) is 5.95. The molecule has 1 aromatic carbocycles. The fraction of sp³-hybridized carbons (Fsp3) is 0.462. The number of halogens is 4. The number of hydrogen-bond acceptors (Lipinski definition) is 1. The Bertz CT molecular complexity index is 452. The summed E-state index contributed by atoms with van der Waals surface area (Å²) in [6.45, 7) is 0.969. The second-order valence-electron chi connectivity index (χ2n) is 4.66. The molecule has 0 aromatic heterocycles. The molecule has 0 N–H and O–H groups in total. The number of carbonyl (C=O) groups excluding carboxylic acids is 1. The van der Waals surface area contributed by atoms with Gasteiger partial charge in [0.05, 0.1) is 6.42 Å². The van der Waals surface area contributed by atoms with Gasteiger partial charge in [-0.1, -0.05) is 23.7 Å². The van der Waals surface area contributed by atoms with E-state index < -0.39 is 24.9 Å². The molecule has 2 rings (SSSR count). The van der Waals surface area contributed by atoms with Crippen LogP contribution in [-0.2, 0) is 4.79 Å². The molecular formula is C13H13ClF3NO. The third kappa shape index (κ3) is 3.86. The van der Waals surface area contributed by atoms with Gasteiger partial charge in [-0.25, -0.2) is 0 Å². The number of rotatable bonds is 3. The maximum Gasteiger partial charge on any atom is 0.389 e. The molecule has 104 valence electrons. The summed E-state index contributed by atoms with van der Waals surface area (Å²) in [7, 11) is 0. The lowest BCUT2D eigenvalue weighted by molar-refractivity contribution is -0.151. The number of carbonyl (C=O) groups is 1. The normalized spacial score (nSPS) is 16.3.